The molecule has 1 rings (SSSR count). The van der Waals surface area contributed by atoms with E-state index in [1.165, 1.54) is 55.5 Å². The van der Waals surface area contributed by atoms with Crippen molar-refractivity contribution in [1.29, 1.82) is 5.26 Å². The van der Waals surface area contributed by atoms with Crippen LogP contribution in [0.5, 0.6) is 5.75 Å². The molecule has 1 heterocycles. The van der Waals surface area contributed by atoms with Crippen molar-refractivity contribution in [1.82, 2.24) is 4.98 Å². The number of nitrogens with zero attached hydrogens (tertiary/aromatic N) is 2. The minimum absolute atomic E-state index is 0.233. The second-order valence-corrected chi connectivity index (χ2v) is 20.0. The fourth-order valence-electron chi connectivity index (χ4n) is 3.48. The summed E-state index contributed by atoms with van der Waals surface area (Å²) in [6, 6.07) is 4.09. The predicted octanol–water partition coefficient (Wildman–Crippen LogP) is 5.38. The number of hydrogen-bond acceptors (Lipinski definition) is 4. The number of rotatable bonds is 14. The summed E-state index contributed by atoms with van der Waals surface area (Å²) < 4.78 is 16.6. The molecule has 1 aromatic rings. The van der Waals surface area contributed by atoms with Gasteiger partial charge in [-0.25, -0.2) is 0 Å². The van der Waals surface area contributed by atoms with Gasteiger partial charge in [-0.2, -0.15) is 0 Å². The van der Waals surface area contributed by atoms with Gasteiger partial charge in [0.05, 0.1) is 0 Å². The maximum absolute atomic E-state index is 9.29. The van der Waals surface area contributed by atoms with Crippen LogP contribution < -0.4 is 8.45 Å². The molecule has 4 nitrogen and oxygen atoms in total. The van der Waals surface area contributed by atoms with Gasteiger partial charge in [0.15, 0.2) is 0 Å². The number of aromatic nitrogens is 1. The van der Waals surface area contributed by atoms with Crippen molar-refractivity contribution in [2.75, 3.05) is 13.4 Å². The molecule has 0 aliphatic heterocycles. The van der Waals surface area contributed by atoms with E-state index < -0.39 is 18.4 Å². The molecule has 5 heteroatoms. The first-order chi connectivity index (χ1) is 12.7. The molecule has 146 valence electrons. The van der Waals surface area contributed by atoms with E-state index in [0.717, 1.165) is 5.75 Å². The Hall–Kier alpha value is -0.801. The number of pyridine rings is 1. The molecular formula is C21H36N2O2Sn. The van der Waals surface area contributed by atoms with Gasteiger partial charge >= 0.3 is 164 Å². The molecule has 26 heavy (non-hydrogen) atoms. The number of unbranched alkanes of at least 4 members (excludes halogenated alkanes) is 3. The Morgan fingerprint density at radius 1 is 1.00 bits per heavy atom. The van der Waals surface area contributed by atoms with Crippen LogP contribution in [0.3, 0.4) is 0 Å². The van der Waals surface area contributed by atoms with Crippen molar-refractivity contribution in [2.45, 2.75) is 79.5 Å². The van der Waals surface area contributed by atoms with E-state index in [-0.39, 0.29) is 6.79 Å². The van der Waals surface area contributed by atoms with E-state index in [0.29, 0.717) is 12.2 Å². The molecule has 0 N–H and O–H groups in total. The van der Waals surface area contributed by atoms with Crippen LogP contribution >= 0.6 is 0 Å². The van der Waals surface area contributed by atoms with Crippen LogP contribution in [0.1, 0.15) is 71.8 Å². The Morgan fingerprint density at radius 3 is 2.04 bits per heavy atom. The van der Waals surface area contributed by atoms with Crippen LogP contribution in [0.15, 0.2) is 12.3 Å². The summed E-state index contributed by atoms with van der Waals surface area (Å²) in [6.07, 6.45) is 9.24. The van der Waals surface area contributed by atoms with Gasteiger partial charge < -0.3 is 0 Å². The molecule has 0 unspecified atom stereocenters. The topological polar surface area (TPSA) is 55.1 Å². The summed E-state index contributed by atoms with van der Waals surface area (Å²) >= 11 is -2.70. The molecule has 0 spiro atoms. The molecule has 1 aromatic heterocycles. The Morgan fingerprint density at radius 2 is 1.58 bits per heavy atom. The van der Waals surface area contributed by atoms with E-state index in [1.807, 2.05) is 13.0 Å². The van der Waals surface area contributed by atoms with Crippen LogP contribution in [-0.4, -0.2) is 36.8 Å². The van der Waals surface area contributed by atoms with E-state index in [2.05, 4.69) is 26.8 Å². The third-order valence-electron chi connectivity index (χ3n) is 5.01. The summed E-state index contributed by atoms with van der Waals surface area (Å²) in [4.78, 5) is 4.85. The van der Waals surface area contributed by atoms with Crippen molar-refractivity contribution >= 4 is 22.1 Å². The van der Waals surface area contributed by atoms with Gasteiger partial charge in [-0.05, 0) is 0 Å². The quantitative estimate of drug-likeness (QED) is 0.210. The third kappa shape index (κ3) is 7.07. The third-order valence-corrected chi connectivity index (χ3v) is 20.2. The normalized spacial score (nSPS) is 11.3. The molecule has 0 saturated carbocycles. The summed E-state index contributed by atoms with van der Waals surface area (Å²) in [5.74, 6) is 0.816. The average molecular weight is 467 g/mol. The van der Waals surface area contributed by atoms with Crippen molar-refractivity contribution < 1.29 is 9.47 Å². The van der Waals surface area contributed by atoms with Crippen molar-refractivity contribution in [3.8, 4) is 11.8 Å². The van der Waals surface area contributed by atoms with Crippen LogP contribution in [0.2, 0.25) is 13.3 Å². The monoisotopic (exact) mass is 468 g/mol. The molecule has 0 amide bonds. The molecule has 0 bridgehead atoms. The van der Waals surface area contributed by atoms with Crippen LogP contribution in [-0.2, 0) is 4.74 Å². The van der Waals surface area contributed by atoms with Crippen LogP contribution in [0.25, 0.3) is 0 Å². The fraction of sp³-hybridized carbons (Fsp3) is 0.714. The molecule has 0 atom stereocenters. The molecule has 0 aliphatic carbocycles. The van der Waals surface area contributed by atoms with Gasteiger partial charge in [0.2, 0.25) is 0 Å². The van der Waals surface area contributed by atoms with Crippen LogP contribution in [0, 0.1) is 11.3 Å². The Bertz CT molecular complexity index is 536. The van der Waals surface area contributed by atoms with Gasteiger partial charge in [0.25, 0.3) is 0 Å². The van der Waals surface area contributed by atoms with Gasteiger partial charge in [-0.15, -0.1) is 0 Å². The first-order valence-corrected chi connectivity index (χ1v) is 17.8. The Balaban J connectivity index is 3.32. The zero-order chi connectivity index (χ0) is 19.3. The van der Waals surface area contributed by atoms with Gasteiger partial charge in [-0.3, -0.25) is 0 Å². The summed E-state index contributed by atoms with van der Waals surface area (Å²) in [5.41, 5.74) is 0.571. The first kappa shape index (κ1) is 23.2. The maximum atomic E-state index is 9.29. The van der Waals surface area contributed by atoms with Gasteiger partial charge in [0, 0.05) is 0 Å². The predicted molar refractivity (Wildman–Crippen MR) is 111 cm³/mol. The molecular weight excluding hydrogens is 431 g/mol. The van der Waals surface area contributed by atoms with Crippen molar-refractivity contribution in [3.63, 3.8) is 0 Å². The Kier molecular flexibility index (Phi) is 12.0. The van der Waals surface area contributed by atoms with Crippen LogP contribution in [0.4, 0.5) is 0 Å². The van der Waals surface area contributed by atoms with E-state index >= 15 is 0 Å². The average Bonchev–Trinajstić information content (AvgIpc) is 2.68. The second-order valence-electron chi connectivity index (χ2n) is 7.03. The first-order valence-electron chi connectivity index (χ1n) is 10.3. The number of hydrogen-bond donors (Lipinski definition) is 0. The van der Waals surface area contributed by atoms with Crippen molar-refractivity contribution in [3.05, 3.63) is 17.8 Å². The molecule has 0 aliphatic rings. The molecule has 0 fully saturated rings. The van der Waals surface area contributed by atoms with Crippen molar-refractivity contribution in [2.24, 2.45) is 0 Å². The minimum atomic E-state index is -2.70. The number of ether oxygens (including phenoxy) is 2. The summed E-state index contributed by atoms with van der Waals surface area (Å²) in [7, 11) is 0. The molecule has 0 saturated heterocycles. The summed E-state index contributed by atoms with van der Waals surface area (Å²) in [5, 5.41) is 9.29. The fourth-order valence-corrected chi connectivity index (χ4v) is 19.3. The van der Waals surface area contributed by atoms with E-state index in [4.69, 9.17) is 14.5 Å². The zero-order valence-electron chi connectivity index (χ0n) is 17.1. The standard InChI is InChI=1S/C9H9N2O2.3C4H9.Sn/c1-2-12-7-13-9-3-8(4-10)5-11-6-9;3*1-3-4-2;/h3,5H,2,7H2,1H3;3*1,3-4H2,2H3;. The SMILES string of the molecule is CCC[CH2][Sn]([CH2]CCC)([CH2]CCC)[c]1ncc(C#N)cc1OCOCC. The number of nitriles is 1. The summed E-state index contributed by atoms with van der Waals surface area (Å²) in [6.45, 7) is 9.63. The molecule has 0 aromatic carbocycles. The van der Waals surface area contributed by atoms with E-state index in [9.17, 15) is 5.26 Å². The second kappa shape index (κ2) is 13.4. The Labute approximate surface area is 164 Å². The molecule has 0 radical (unpaired) electrons. The van der Waals surface area contributed by atoms with Gasteiger partial charge in [-0.1, -0.05) is 0 Å². The van der Waals surface area contributed by atoms with Gasteiger partial charge in [0.1, 0.15) is 0 Å². The van der Waals surface area contributed by atoms with E-state index in [1.54, 1.807) is 6.20 Å². The zero-order valence-corrected chi connectivity index (χ0v) is 20.0.